The highest BCUT2D eigenvalue weighted by molar-refractivity contribution is 7.80. The van der Waals surface area contributed by atoms with E-state index < -0.39 is 7.92 Å². The van der Waals surface area contributed by atoms with Crippen molar-refractivity contribution in [3.05, 3.63) is 115 Å². The lowest BCUT2D eigenvalue weighted by Crippen LogP contribution is -2.23. The molecular formula is C32H34NP. The fraction of sp³-hybridized carbons (Fsp3) is 0.188. The van der Waals surface area contributed by atoms with Gasteiger partial charge in [-0.1, -0.05) is 117 Å². The van der Waals surface area contributed by atoms with E-state index in [1.165, 1.54) is 43.9 Å². The van der Waals surface area contributed by atoms with Gasteiger partial charge in [-0.3, -0.25) is 0 Å². The number of anilines is 1. The summed E-state index contributed by atoms with van der Waals surface area (Å²) in [6.07, 6.45) is 4.45. The fourth-order valence-corrected chi connectivity index (χ4v) is 7.07. The predicted octanol–water partition coefficient (Wildman–Crippen LogP) is 7.38. The highest BCUT2D eigenvalue weighted by Crippen LogP contribution is 2.42. The molecule has 172 valence electrons. The minimum Gasteiger partial charge on any atom is -0.377 e. The van der Waals surface area contributed by atoms with Gasteiger partial charge in [-0.2, -0.15) is 0 Å². The Bertz CT molecular complexity index is 1200. The van der Waals surface area contributed by atoms with Crippen LogP contribution in [0.1, 0.15) is 32.3 Å². The van der Waals surface area contributed by atoms with Crippen LogP contribution in [0.15, 0.2) is 109 Å². The van der Waals surface area contributed by atoms with Gasteiger partial charge in [0, 0.05) is 25.3 Å². The van der Waals surface area contributed by atoms with Crippen molar-refractivity contribution in [2.45, 2.75) is 26.7 Å². The van der Waals surface area contributed by atoms with E-state index in [4.69, 9.17) is 0 Å². The summed E-state index contributed by atoms with van der Waals surface area (Å²) < 4.78 is 0. The lowest BCUT2D eigenvalue weighted by molar-refractivity contribution is 1.13. The summed E-state index contributed by atoms with van der Waals surface area (Å²) in [5.41, 5.74) is 6.69. The van der Waals surface area contributed by atoms with Crippen molar-refractivity contribution in [2.75, 3.05) is 19.0 Å². The molecule has 4 rings (SSSR count). The molecule has 0 aliphatic heterocycles. The SMILES string of the molecule is CC/C=C(\CC)c1cccc(N(C)C)c1-c1ccccc1P(c1ccccc1)c1ccccc1. The summed E-state index contributed by atoms with van der Waals surface area (Å²) in [4.78, 5) is 2.25. The van der Waals surface area contributed by atoms with Gasteiger partial charge in [-0.25, -0.2) is 0 Å². The van der Waals surface area contributed by atoms with Crippen molar-refractivity contribution in [1.82, 2.24) is 0 Å². The summed E-state index contributed by atoms with van der Waals surface area (Å²) >= 11 is 0. The van der Waals surface area contributed by atoms with Crippen molar-refractivity contribution in [3.63, 3.8) is 0 Å². The lowest BCUT2D eigenvalue weighted by Gasteiger charge is -2.27. The second-order valence-corrected chi connectivity index (χ2v) is 10.8. The van der Waals surface area contributed by atoms with Crippen LogP contribution in [0.3, 0.4) is 0 Å². The zero-order valence-electron chi connectivity index (χ0n) is 20.7. The molecule has 34 heavy (non-hydrogen) atoms. The number of nitrogens with zero attached hydrogens (tertiary/aromatic N) is 1. The Labute approximate surface area is 206 Å². The van der Waals surface area contributed by atoms with E-state index in [9.17, 15) is 0 Å². The van der Waals surface area contributed by atoms with Crippen LogP contribution in [-0.2, 0) is 0 Å². The second-order valence-electron chi connectivity index (χ2n) is 8.61. The van der Waals surface area contributed by atoms with Crippen LogP contribution >= 0.6 is 7.92 Å². The Morgan fingerprint density at radius 1 is 0.706 bits per heavy atom. The van der Waals surface area contributed by atoms with Crippen molar-refractivity contribution in [2.24, 2.45) is 0 Å². The molecule has 0 aliphatic carbocycles. The molecule has 0 atom stereocenters. The molecule has 0 aliphatic rings. The van der Waals surface area contributed by atoms with Gasteiger partial charge in [0.2, 0.25) is 0 Å². The summed E-state index contributed by atoms with van der Waals surface area (Å²) in [5.74, 6) is 0. The van der Waals surface area contributed by atoms with E-state index >= 15 is 0 Å². The molecule has 0 amide bonds. The Kier molecular flexibility index (Phi) is 7.99. The number of benzene rings is 4. The number of hydrogen-bond donors (Lipinski definition) is 0. The summed E-state index contributed by atoms with van der Waals surface area (Å²) in [7, 11) is 3.60. The largest absolute Gasteiger partial charge is 0.377 e. The van der Waals surface area contributed by atoms with Crippen LogP contribution < -0.4 is 20.8 Å². The quantitative estimate of drug-likeness (QED) is 0.246. The predicted molar refractivity (Wildman–Crippen MR) is 153 cm³/mol. The third kappa shape index (κ3) is 5.01. The topological polar surface area (TPSA) is 3.24 Å². The van der Waals surface area contributed by atoms with Crippen molar-refractivity contribution < 1.29 is 0 Å². The smallest absolute Gasteiger partial charge is 0.0447 e. The van der Waals surface area contributed by atoms with Crippen LogP contribution in [0, 0.1) is 0 Å². The summed E-state index contributed by atoms with van der Waals surface area (Å²) in [6, 6.07) is 37.8. The molecule has 0 heterocycles. The van der Waals surface area contributed by atoms with Gasteiger partial charge in [0.25, 0.3) is 0 Å². The summed E-state index contributed by atoms with van der Waals surface area (Å²) in [5, 5.41) is 4.15. The molecular weight excluding hydrogens is 429 g/mol. The maximum absolute atomic E-state index is 2.39. The maximum Gasteiger partial charge on any atom is 0.0447 e. The second kappa shape index (κ2) is 11.3. The monoisotopic (exact) mass is 463 g/mol. The Morgan fingerprint density at radius 3 is 1.85 bits per heavy atom. The first kappa shape index (κ1) is 24.0. The highest BCUT2D eigenvalue weighted by Gasteiger charge is 2.23. The van der Waals surface area contributed by atoms with Gasteiger partial charge in [0.05, 0.1) is 0 Å². The molecule has 0 saturated heterocycles. The lowest BCUT2D eigenvalue weighted by atomic mass is 9.91. The van der Waals surface area contributed by atoms with Gasteiger partial charge in [-0.15, -0.1) is 0 Å². The maximum atomic E-state index is 2.39. The van der Waals surface area contributed by atoms with Gasteiger partial charge in [0.15, 0.2) is 0 Å². The molecule has 0 unspecified atom stereocenters. The van der Waals surface area contributed by atoms with Gasteiger partial charge in [-0.05, 0) is 59.4 Å². The molecule has 4 aromatic carbocycles. The first-order valence-electron chi connectivity index (χ1n) is 12.1. The van der Waals surface area contributed by atoms with E-state index in [0.29, 0.717) is 0 Å². The third-order valence-electron chi connectivity index (χ3n) is 6.14. The van der Waals surface area contributed by atoms with Crippen LogP contribution in [0.5, 0.6) is 0 Å². The minimum atomic E-state index is -0.704. The molecule has 1 nitrogen and oxygen atoms in total. The van der Waals surface area contributed by atoms with E-state index in [0.717, 1.165) is 12.8 Å². The van der Waals surface area contributed by atoms with E-state index in [-0.39, 0.29) is 0 Å². The average Bonchev–Trinajstić information content (AvgIpc) is 2.88. The third-order valence-corrected chi connectivity index (χ3v) is 8.65. The first-order valence-corrected chi connectivity index (χ1v) is 13.5. The molecule has 0 saturated carbocycles. The van der Waals surface area contributed by atoms with Crippen molar-refractivity contribution >= 4 is 35.1 Å². The fourth-order valence-electron chi connectivity index (χ4n) is 4.62. The Hall–Kier alpha value is -3.15. The van der Waals surface area contributed by atoms with Gasteiger partial charge >= 0.3 is 0 Å². The molecule has 0 N–H and O–H groups in total. The average molecular weight is 464 g/mol. The highest BCUT2D eigenvalue weighted by atomic mass is 31.1. The molecule has 4 aromatic rings. The number of rotatable bonds is 8. The number of allylic oxidation sites excluding steroid dienone is 2. The van der Waals surface area contributed by atoms with E-state index in [1.54, 1.807) is 0 Å². The normalized spacial score (nSPS) is 11.6. The molecule has 0 aromatic heterocycles. The van der Waals surface area contributed by atoms with Gasteiger partial charge in [0.1, 0.15) is 0 Å². The van der Waals surface area contributed by atoms with Crippen LogP contribution in [0.25, 0.3) is 16.7 Å². The molecule has 0 spiro atoms. The number of hydrogen-bond acceptors (Lipinski definition) is 1. The van der Waals surface area contributed by atoms with Crippen LogP contribution in [-0.4, -0.2) is 14.1 Å². The van der Waals surface area contributed by atoms with Crippen molar-refractivity contribution in [1.29, 1.82) is 0 Å². The Morgan fingerprint density at radius 2 is 1.29 bits per heavy atom. The van der Waals surface area contributed by atoms with E-state index in [2.05, 4.69) is 142 Å². The first-order chi connectivity index (χ1) is 16.7. The van der Waals surface area contributed by atoms with Crippen molar-refractivity contribution in [3.8, 4) is 11.1 Å². The molecule has 0 fully saturated rings. The molecule has 0 bridgehead atoms. The van der Waals surface area contributed by atoms with E-state index in [1.807, 2.05) is 0 Å². The zero-order valence-corrected chi connectivity index (χ0v) is 21.6. The molecule has 0 radical (unpaired) electrons. The summed E-state index contributed by atoms with van der Waals surface area (Å²) in [6.45, 7) is 4.49. The minimum absolute atomic E-state index is 0.704. The zero-order chi connectivity index (χ0) is 23.9. The van der Waals surface area contributed by atoms with Crippen LogP contribution in [0.2, 0.25) is 0 Å². The Balaban J connectivity index is 2.04. The van der Waals surface area contributed by atoms with Gasteiger partial charge < -0.3 is 4.90 Å². The molecule has 2 heteroatoms. The van der Waals surface area contributed by atoms with Crippen LogP contribution in [0.4, 0.5) is 5.69 Å². The standard InChI is InChI=1S/C32H34NP/c1-5-16-25(6-2)28-22-15-23-30(33(3)4)32(28)29-21-13-14-24-31(29)34(26-17-9-7-10-18-26)27-19-11-8-12-20-27/h7-24H,5-6H2,1-4H3/b25-16+.